The Kier molecular flexibility index (Phi) is 6.00. The van der Waals surface area contributed by atoms with Gasteiger partial charge in [0, 0.05) is 13.0 Å². The highest BCUT2D eigenvalue weighted by molar-refractivity contribution is 5.63. The van der Waals surface area contributed by atoms with Gasteiger partial charge in [-0.1, -0.05) is 0 Å². The molecular formula is C11H16N2O6. The summed E-state index contributed by atoms with van der Waals surface area (Å²) in [5.74, 6) is 0.266. The predicted molar refractivity (Wildman–Crippen MR) is 67.0 cm³/mol. The quantitative estimate of drug-likeness (QED) is 0.300. The molecule has 19 heavy (non-hydrogen) atoms. The van der Waals surface area contributed by atoms with Gasteiger partial charge in [0.25, 0.3) is 5.69 Å². The zero-order valence-corrected chi connectivity index (χ0v) is 10.2. The van der Waals surface area contributed by atoms with E-state index < -0.39 is 11.2 Å². The Hall–Kier alpha value is -1.90. The lowest BCUT2D eigenvalue weighted by atomic mass is 10.2. The number of benzene rings is 1. The minimum Gasteiger partial charge on any atom is -0.493 e. The Bertz CT molecular complexity index is 424. The second-order valence-corrected chi connectivity index (χ2v) is 3.70. The topological polar surface area (TPSA) is 125 Å². The van der Waals surface area contributed by atoms with Crippen molar-refractivity contribution in [2.75, 3.05) is 25.1 Å². The summed E-state index contributed by atoms with van der Waals surface area (Å²) in [5, 5.41) is 39.6. The van der Waals surface area contributed by atoms with Crippen molar-refractivity contribution in [1.29, 1.82) is 0 Å². The van der Waals surface area contributed by atoms with Crippen molar-refractivity contribution in [2.24, 2.45) is 0 Å². The lowest BCUT2D eigenvalue weighted by Crippen LogP contribution is -2.11. The third kappa shape index (κ3) is 5.08. The van der Waals surface area contributed by atoms with Crippen LogP contribution in [0.25, 0.3) is 0 Å². The van der Waals surface area contributed by atoms with Crippen LogP contribution < -0.4 is 10.1 Å². The standard InChI is InChI=1S/C11H16N2O6/c14-5-4-12-9-2-1-8(7-10(9)13(17)18)19-6-3-11(15)16/h1-2,7,11-12,14-16H,3-6H2. The molecule has 0 fully saturated rings. The van der Waals surface area contributed by atoms with Crippen molar-refractivity contribution >= 4 is 11.4 Å². The maximum absolute atomic E-state index is 10.9. The van der Waals surface area contributed by atoms with Crippen LogP contribution in [0.3, 0.4) is 0 Å². The molecule has 0 radical (unpaired) electrons. The molecule has 0 aliphatic carbocycles. The molecule has 0 bridgehead atoms. The van der Waals surface area contributed by atoms with E-state index in [1.54, 1.807) is 0 Å². The molecule has 1 aromatic rings. The number of ether oxygens (including phenoxy) is 1. The number of nitro groups is 1. The van der Waals surface area contributed by atoms with Gasteiger partial charge in [0.05, 0.1) is 24.2 Å². The van der Waals surface area contributed by atoms with Crippen LogP contribution in [0.1, 0.15) is 6.42 Å². The molecule has 0 saturated carbocycles. The summed E-state index contributed by atoms with van der Waals surface area (Å²) in [4.78, 5) is 10.3. The number of aliphatic hydroxyl groups excluding tert-OH is 2. The Morgan fingerprint density at radius 2 is 2.16 bits per heavy atom. The molecule has 0 atom stereocenters. The Morgan fingerprint density at radius 3 is 2.74 bits per heavy atom. The average molecular weight is 272 g/mol. The number of nitro benzene ring substituents is 1. The van der Waals surface area contributed by atoms with Gasteiger partial charge in [0.2, 0.25) is 0 Å². The third-order valence-corrected chi connectivity index (χ3v) is 2.24. The molecule has 0 unspecified atom stereocenters. The van der Waals surface area contributed by atoms with Crippen molar-refractivity contribution in [2.45, 2.75) is 12.7 Å². The van der Waals surface area contributed by atoms with E-state index in [-0.39, 0.29) is 43.3 Å². The van der Waals surface area contributed by atoms with E-state index in [4.69, 9.17) is 20.1 Å². The molecule has 1 rings (SSSR count). The fourth-order valence-corrected chi connectivity index (χ4v) is 1.37. The van der Waals surface area contributed by atoms with Crippen LogP contribution in [-0.2, 0) is 0 Å². The fourth-order valence-electron chi connectivity index (χ4n) is 1.37. The first kappa shape index (κ1) is 15.2. The van der Waals surface area contributed by atoms with Crippen LogP contribution in [0.5, 0.6) is 5.75 Å². The number of nitrogens with one attached hydrogen (secondary N) is 1. The molecule has 0 heterocycles. The van der Waals surface area contributed by atoms with Gasteiger partial charge < -0.3 is 25.4 Å². The molecule has 0 aliphatic heterocycles. The molecule has 0 spiro atoms. The molecule has 0 saturated heterocycles. The summed E-state index contributed by atoms with van der Waals surface area (Å²) in [7, 11) is 0. The van der Waals surface area contributed by atoms with Crippen LogP contribution in [0.2, 0.25) is 0 Å². The second kappa shape index (κ2) is 7.52. The van der Waals surface area contributed by atoms with Gasteiger partial charge in [0.15, 0.2) is 6.29 Å². The van der Waals surface area contributed by atoms with Crippen molar-refractivity contribution in [3.8, 4) is 5.75 Å². The number of hydrogen-bond donors (Lipinski definition) is 4. The molecule has 8 heteroatoms. The number of hydrogen-bond acceptors (Lipinski definition) is 7. The van der Waals surface area contributed by atoms with Crippen LogP contribution >= 0.6 is 0 Å². The van der Waals surface area contributed by atoms with Gasteiger partial charge >= 0.3 is 0 Å². The number of nitrogens with zero attached hydrogens (tertiary/aromatic N) is 1. The van der Waals surface area contributed by atoms with Crippen molar-refractivity contribution in [3.05, 3.63) is 28.3 Å². The van der Waals surface area contributed by atoms with Crippen LogP contribution in [-0.4, -0.2) is 46.3 Å². The lowest BCUT2D eigenvalue weighted by Gasteiger charge is -2.09. The summed E-state index contributed by atoms with van der Waals surface area (Å²) in [5.41, 5.74) is 0.115. The highest BCUT2D eigenvalue weighted by atomic mass is 16.6. The van der Waals surface area contributed by atoms with E-state index in [1.807, 2.05) is 0 Å². The second-order valence-electron chi connectivity index (χ2n) is 3.70. The monoisotopic (exact) mass is 272 g/mol. The van der Waals surface area contributed by atoms with E-state index in [0.29, 0.717) is 0 Å². The third-order valence-electron chi connectivity index (χ3n) is 2.24. The predicted octanol–water partition coefficient (Wildman–Crippen LogP) is 0.0786. The summed E-state index contributed by atoms with van der Waals surface area (Å²) in [6.07, 6.45) is -1.46. The summed E-state index contributed by atoms with van der Waals surface area (Å²) in [6.45, 7) is 0.111. The van der Waals surface area contributed by atoms with E-state index in [0.717, 1.165) is 0 Å². The fraction of sp³-hybridized carbons (Fsp3) is 0.455. The average Bonchev–Trinajstić information content (AvgIpc) is 2.36. The maximum atomic E-state index is 10.9. The SMILES string of the molecule is O=[N+]([O-])c1cc(OCCC(O)O)ccc1NCCO. The number of anilines is 1. The summed E-state index contributed by atoms with van der Waals surface area (Å²) >= 11 is 0. The van der Waals surface area contributed by atoms with Gasteiger partial charge in [-0.05, 0) is 12.1 Å². The maximum Gasteiger partial charge on any atom is 0.296 e. The molecular weight excluding hydrogens is 256 g/mol. The normalized spacial score (nSPS) is 10.5. The largest absolute Gasteiger partial charge is 0.493 e. The van der Waals surface area contributed by atoms with E-state index in [2.05, 4.69) is 5.32 Å². The smallest absolute Gasteiger partial charge is 0.296 e. The first-order valence-corrected chi connectivity index (χ1v) is 5.66. The Balaban J connectivity index is 2.75. The first-order valence-electron chi connectivity index (χ1n) is 5.66. The van der Waals surface area contributed by atoms with Crippen molar-refractivity contribution in [3.63, 3.8) is 0 Å². The van der Waals surface area contributed by atoms with Crippen molar-refractivity contribution in [1.82, 2.24) is 0 Å². The van der Waals surface area contributed by atoms with Crippen LogP contribution in [0.15, 0.2) is 18.2 Å². The van der Waals surface area contributed by atoms with Gasteiger partial charge in [-0.25, -0.2) is 0 Å². The van der Waals surface area contributed by atoms with Crippen LogP contribution in [0.4, 0.5) is 11.4 Å². The number of rotatable bonds is 8. The molecule has 0 aromatic heterocycles. The van der Waals surface area contributed by atoms with Gasteiger partial charge in [-0.3, -0.25) is 10.1 Å². The van der Waals surface area contributed by atoms with Gasteiger partial charge in [0.1, 0.15) is 11.4 Å². The Morgan fingerprint density at radius 1 is 1.42 bits per heavy atom. The molecule has 0 aliphatic rings. The molecule has 106 valence electrons. The highest BCUT2D eigenvalue weighted by Crippen LogP contribution is 2.29. The summed E-state index contributed by atoms with van der Waals surface area (Å²) < 4.78 is 5.17. The van der Waals surface area contributed by atoms with E-state index in [1.165, 1.54) is 18.2 Å². The zero-order chi connectivity index (χ0) is 14.3. The van der Waals surface area contributed by atoms with Crippen LogP contribution in [0, 0.1) is 10.1 Å². The summed E-state index contributed by atoms with van der Waals surface area (Å²) in [6, 6.07) is 4.23. The number of aliphatic hydroxyl groups is 3. The van der Waals surface area contributed by atoms with Gasteiger partial charge in [-0.2, -0.15) is 0 Å². The zero-order valence-electron chi connectivity index (χ0n) is 10.2. The minimum absolute atomic E-state index is 0.0122. The van der Waals surface area contributed by atoms with Gasteiger partial charge in [-0.15, -0.1) is 0 Å². The first-order chi connectivity index (χ1) is 9.04. The van der Waals surface area contributed by atoms with E-state index in [9.17, 15) is 10.1 Å². The molecule has 1 aromatic carbocycles. The van der Waals surface area contributed by atoms with E-state index >= 15 is 0 Å². The lowest BCUT2D eigenvalue weighted by molar-refractivity contribution is -0.384. The molecule has 8 nitrogen and oxygen atoms in total. The molecule has 0 amide bonds. The highest BCUT2D eigenvalue weighted by Gasteiger charge is 2.15. The minimum atomic E-state index is -1.47. The molecule has 4 N–H and O–H groups in total. The Labute approximate surface area is 109 Å². The van der Waals surface area contributed by atoms with Crippen molar-refractivity contribution < 1.29 is 25.0 Å².